The van der Waals surface area contributed by atoms with Crippen LogP contribution in [0.4, 0.5) is 5.69 Å². The van der Waals surface area contributed by atoms with E-state index in [1.165, 1.54) is 0 Å². The molecule has 0 saturated heterocycles. The number of hydrogen-bond acceptors (Lipinski definition) is 2. The topological polar surface area (TPSA) is 46.9 Å². The molecule has 0 saturated carbocycles. The maximum Gasteiger partial charge on any atom is 0.224 e. The minimum absolute atomic E-state index is 0.0208. The van der Waals surface area contributed by atoms with Crippen LogP contribution in [0.15, 0.2) is 48.5 Å². The Kier molecular flexibility index (Phi) is 5.43. The lowest BCUT2D eigenvalue weighted by Gasteiger charge is -2.08. The van der Waals surface area contributed by atoms with Gasteiger partial charge in [-0.05, 0) is 68.7 Å². The monoisotopic (exact) mass is 367 g/mol. The Labute approximate surface area is 158 Å². The van der Waals surface area contributed by atoms with Crippen LogP contribution in [0.25, 0.3) is 5.69 Å². The molecule has 0 aliphatic heterocycles. The van der Waals surface area contributed by atoms with E-state index in [4.69, 9.17) is 11.6 Å². The van der Waals surface area contributed by atoms with Crippen LogP contribution in [0.2, 0.25) is 5.02 Å². The van der Waals surface area contributed by atoms with E-state index in [1.54, 1.807) is 6.07 Å². The van der Waals surface area contributed by atoms with Crippen LogP contribution < -0.4 is 5.32 Å². The van der Waals surface area contributed by atoms with Crippen molar-refractivity contribution in [3.63, 3.8) is 0 Å². The van der Waals surface area contributed by atoms with E-state index < -0.39 is 0 Å². The van der Waals surface area contributed by atoms with Crippen LogP contribution >= 0.6 is 11.6 Å². The van der Waals surface area contributed by atoms with Crippen molar-refractivity contribution in [2.75, 3.05) is 5.32 Å². The number of halogens is 1. The molecule has 26 heavy (non-hydrogen) atoms. The van der Waals surface area contributed by atoms with E-state index in [2.05, 4.69) is 16.5 Å². The molecule has 134 valence electrons. The highest BCUT2D eigenvalue weighted by molar-refractivity contribution is 6.31. The van der Waals surface area contributed by atoms with E-state index in [9.17, 15) is 4.79 Å². The summed E-state index contributed by atoms with van der Waals surface area (Å²) in [6, 6.07) is 15.7. The van der Waals surface area contributed by atoms with Gasteiger partial charge in [-0.3, -0.25) is 4.79 Å². The van der Waals surface area contributed by atoms with Crippen molar-refractivity contribution in [3.05, 3.63) is 76.1 Å². The summed E-state index contributed by atoms with van der Waals surface area (Å²) < 4.78 is 1.92. The molecule has 0 atom stereocenters. The Morgan fingerprint density at radius 1 is 1.08 bits per heavy atom. The molecule has 1 amide bonds. The van der Waals surface area contributed by atoms with Crippen molar-refractivity contribution in [1.29, 1.82) is 0 Å². The summed E-state index contributed by atoms with van der Waals surface area (Å²) in [7, 11) is 0. The SMILES string of the molecule is Cc1cc(C)n(-c2ccc(CCC(=O)Nc3ccc(C)c(Cl)c3)cc2)n1. The van der Waals surface area contributed by atoms with Crippen molar-refractivity contribution in [2.24, 2.45) is 0 Å². The second-order valence-electron chi connectivity index (χ2n) is 6.52. The van der Waals surface area contributed by atoms with E-state index >= 15 is 0 Å². The number of aryl methyl sites for hydroxylation is 4. The fourth-order valence-corrected chi connectivity index (χ4v) is 3.03. The number of amides is 1. The lowest BCUT2D eigenvalue weighted by Crippen LogP contribution is -2.12. The first-order valence-electron chi connectivity index (χ1n) is 8.61. The first-order valence-corrected chi connectivity index (χ1v) is 8.99. The Hall–Kier alpha value is -2.59. The predicted octanol–water partition coefficient (Wildman–Crippen LogP) is 5.02. The number of hydrogen-bond donors (Lipinski definition) is 1. The van der Waals surface area contributed by atoms with Crippen LogP contribution in [0, 0.1) is 20.8 Å². The highest BCUT2D eigenvalue weighted by Crippen LogP contribution is 2.20. The second kappa shape index (κ2) is 7.75. The molecule has 0 aliphatic rings. The number of aromatic nitrogens is 2. The largest absolute Gasteiger partial charge is 0.326 e. The maximum absolute atomic E-state index is 12.1. The summed E-state index contributed by atoms with van der Waals surface area (Å²) in [6.45, 7) is 5.96. The molecular formula is C21H22ClN3O. The molecular weight excluding hydrogens is 346 g/mol. The molecule has 2 aromatic carbocycles. The standard InChI is InChI=1S/C21H22ClN3O/c1-14-4-8-18(13-20(14)22)23-21(26)11-7-17-5-9-19(10-6-17)25-16(3)12-15(2)24-25/h4-6,8-10,12-13H,7,11H2,1-3H3,(H,23,26). The van der Waals surface area contributed by atoms with Gasteiger partial charge in [-0.25, -0.2) is 4.68 Å². The fourth-order valence-electron chi connectivity index (χ4n) is 2.85. The molecule has 1 heterocycles. The summed E-state index contributed by atoms with van der Waals surface area (Å²) in [4.78, 5) is 12.1. The van der Waals surface area contributed by atoms with E-state index in [0.717, 1.165) is 33.9 Å². The third-order valence-corrected chi connectivity index (χ3v) is 4.69. The third-order valence-electron chi connectivity index (χ3n) is 4.29. The van der Waals surface area contributed by atoms with Gasteiger partial charge in [0.25, 0.3) is 0 Å². The molecule has 1 aromatic heterocycles. The number of carbonyl (C=O) groups is 1. The number of benzene rings is 2. The van der Waals surface area contributed by atoms with Gasteiger partial charge in [-0.1, -0.05) is 29.8 Å². The lowest BCUT2D eigenvalue weighted by atomic mass is 10.1. The summed E-state index contributed by atoms with van der Waals surface area (Å²) in [5.74, 6) is -0.0208. The van der Waals surface area contributed by atoms with Gasteiger partial charge in [0, 0.05) is 22.8 Å². The number of nitrogens with one attached hydrogen (secondary N) is 1. The van der Waals surface area contributed by atoms with Gasteiger partial charge in [0.2, 0.25) is 5.91 Å². The van der Waals surface area contributed by atoms with Gasteiger partial charge < -0.3 is 5.32 Å². The number of rotatable bonds is 5. The Bertz CT molecular complexity index is 929. The molecule has 0 spiro atoms. The molecule has 3 aromatic rings. The predicted molar refractivity (Wildman–Crippen MR) is 106 cm³/mol. The van der Waals surface area contributed by atoms with Crippen molar-refractivity contribution < 1.29 is 4.79 Å². The fraction of sp³-hybridized carbons (Fsp3) is 0.238. The van der Waals surface area contributed by atoms with Crippen LogP contribution in [0.5, 0.6) is 0 Å². The lowest BCUT2D eigenvalue weighted by molar-refractivity contribution is -0.116. The van der Waals surface area contributed by atoms with Gasteiger partial charge in [-0.2, -0.15) is 5.10 Å². The average Bonchev–Trinajstić information content (AvgIpc) is 2.95. The first kappa shape index (κ1) is 18.2. The van der Waals surface area contributed by atoms with E-state index in [-0.39, 0.29) is 5.91 Å². The van der Waals surface area contributed by atoms with Gasteiger partial charge in [0.1, 0.15) is 0 Å². The smallest absolute Gasteiger partial charge is 0.224 e. The molecule has 5 heteroatoms. The second-order valence-corrected chi connectivity index (χ2v) is 6.92. The van der Waals surface area contributed by atoms with Crippen molar-refractivity contribution in [2.45, 2.75) is 33.6 Å². The number of carbonyl (C=O) groups excluding carboxylic acids is 1. The summed E-state index contributed by atoms with van der Waals surface area (Å²) >= 11 is 6.09. The average molecular weight is 368 g/mol. The normalized spacial score (nSPS) is 10.8. The molecule has 0 unspecified atom stereocenters. The highest BCUT2D eigenvalue weighted by Gasteiger charge is 2.07. The quantitative estimate of drug-likeness (QED) is 0.688. The van der Waals surface area contributed by atoms with Gasteiger partial charge in [-0.15, -0.1) is 0 Å². The number of anilines is 1. The maximum atomic E-state index is 12.1. The minimum Gasteiger partial charge on any atom is -0.326 e. The van der Waals surface area contributed by atoms with Crippen molar-refractivity contribution >= 4 is 23.2 Å². The minimum atomic E-state index is -0.0208. The third kappa shape index (κ3) is 4.33. The van der Waals surface area contributed by atoms with Gasteiger partial charge >= 0.3 is 0 Å². The summed E-state index contributed by atoms with van der Waals surface area (Å²) in [5.41, 5.74) is 5.97. The molecule has 0 radical (unpaired) electrons. The zero-order valence-electron chi connectivity index (χ0n) is 15.2. The molecule has 1 N–H and O–H groups in total. The zero-order chi connectivity index (χ0) is 18.7. The molecule has 0 fully saturated rings. The Balaban J connectivity index is 1.58. The molecule has 3 rings (SSSR count). The zero-order valence-corrected chi connectivity index (χ0v) is 16.0. The van der Waals surface area contributed by atoms with Crippen LogP contribution in [0.3, 0.4) is 0 Å². The van der Waals surface area contributed by atoms with Crippen LogP contribution in [-0.4, -0.2) is 15.7 Å². The first-order chi connectivity index (χ1) is 12.4. The Morgan fingerprint density at radius 2 is 1.81 bits per heavy atom. The van der Waals surface area contributed by atoms with E-state index in [1.807, 2.05) is 61.9 Å². The molecule has 4 nitrogen and oxygen atoms in total. The Morgan fingerprint density at radius 3 is 2.42 bits per heavy atom. The molecule has 0 bridgehead atoms. The van der Waals surface area contributed by atoms with E-state index in [0.29, 0.717) is 17.9 Å². The molecule has 0 aliphatic carbocycles. The summed E-state index contributed by atoms with van der Waals surface area (Å²) in [5, 5.41) is 8.03. The summed E-state index contributed by atoms with van der Waals surface area (Å²) in [6.07, 6.45) is 1.10. The van der Waals surface area contributed by atoms with Crippen LogP contribution in [-0.2, 0) is 11.2 Å². The highest BCUT2D eigenvalue weighted by atomic mass is 35.5. The van der Waals surface area contributed by atoms with Gasteiger partial charge in [0.05, 0.1) is 11.4 Å². The van der Waals surface area contributed by atoms with Crippen molar-refractivity contribution in [1.82, 2.24) is 9.78 Å². The van der Waals surface area contributed by atoms with Gasteiger partial charge in [0.15, 0.2) is 0 Å². The van der Waals surface area contributed by atoms with Crippen LogP contribution in [0.1, 0.15) is 28.9 Å². The number of nitrogens with zero attached hydrogens (tertiary/aromatic N) is 2. The van der Waals surface area contributed by atoms with Crippen molar-refractivity contribution in [3.8, 4) is 5.69 Å².